The minimum absolute atomic E-state index is 0.281. The summed E-state index contributed by atoms with van der Waals surface area (Å²) < 4.78 is 0. The Morgan fingerprint density at radius 3 is 2.92 bits per heavy atom. The molecule has 1 rings (SSSR count). The van der Waals surface area contributed by atoms with Crippen molar-refractivity contribution in [2.45, 2.75) is 26.2 Å². The fraction of sp³-hybridized carbons (Fsp3) is 0.444. The summed E-state index contributed by atoms with van der Waals surface area (Å²) in [4.78, 5) is 8.06. The zero-order chi connectivity index (χ0) is 9.68. The molecular formula is C9H12N4. The molecule has 68 valence electrons. The molecule has 4 heteroatoms. The number of aromatic nitrogens is 2. The van der Waals surface area contributed by atoms with Crippen molar-refractivity contribution >= 4 is 5.82 Å². The molecule has 0 radical (unpaired) electrons. The van der Waals surface area contributed by atoms with Crippen molar-refractivity contribution in [3.63, 3.8) is 0 Å². The molecule has 0 saturated heterocycles. The standard InChI is InChI=1S/C9H12N4/c1-2-3-4-8-12-6-7(5-10)9(11)13-8/h6H,2-4H2,1H3,(H2,11,12,13). The van der Waals surface area contributed by atoms with Crippen molar-refractivity contribution in [2.24, 2.45) is 0 Å². The highest BCUT2D eigenvalue weighted by molar-refractivity contribution is 5.46. The molecule has 0 aromatic carbocycles. The molecule has 0 unspecified atom stereocenters. The van der Waals surface area contributed by atoms with Crippen molar-refractivity contribution in [1.29, 1.82) is 5.26 Å². The van der Waals surface area contributed by atoms with Gasteiger partial charge < -0.3 is 5.73 Å². The van der Waals surface area contributed by atoms with Crippen molar-refractivity contribution in [1.82, 2.24) is 9.97 Å². The van der Waals surface area contributed by atoms with Crippen LogP contribution in [0, 0.1) is 11.3 Å². The molecular weight excluding hydrogens is 164 g/mol. The summed E-state index contributed by atoms with van der Waals surface area (Å²) in [7, 11) is 0. The summed E-state index contributed by atoms with van der Waals surface area (Å²) in [6, 6.07) is 1.93. The predicted molar refractivity (Wildman–Crippen MR) is 49.8 cm³/mol. The van der Waals surface area contributed by atoms with E-state index in [1.165, 1.54) is 6.20 Å². The lowest BCUT2D eigenvalue weighted by Gasteiger charge is -2.00. The second-order valence-corrected chi connectivity index (χ2v) is 2.80. The van der Waals surface area contributed by atoms with Crippen LogP contribution in [0.1, 0.15) is 31.2 Å². The third kappa shape index (κ3) is 2.41. The SMILES string of the molecule is CCCCc1ncc(C#N)c(N)n1. The summed E-state index contributed by atoms with van der Waals surface area (Å²) in [5.41, 5.74) is 5.88. The number of nitrogens with two attached hydrogens (primary N) is 1. The van der Waals surface area contributed by atoms with Gasteiger partial charge in [0, 0.05) is 6.42 Å². The first-order valence-corrected chi connectivity index (χ1v) is 4.29. The van der Waals surface area contributed by atoms with Crippen LogP contribution in [0.3, 0.4) is 0 Å². The van der Waals surface area contributed by atoms with Crippen LogP contribution in [0.15, 0.2) is 6.20 Å². The zero-order valence-electron chi connectivity index (χ0n) is 7.62. The van der Waals surface area contributed by atoms with Crippen LogP contribution >= 0.6 is 0 Å². The van der Waals surface area contributed by atoms with Gasteiger partial charge in [0.2, 0.25) is 0 Å². The first-order valence-electron chi connectivity index (χ1n) is 4.29. The maximum atomic E-state index is 8.58. The number of rotatable bonds is 3. The average molecular weight is 176 g/mol. The van der Waals surface area contributed by atoms with Crippen LogP contribution in [-0.2, 0) is 6.42 Å². The summed E-state index contributed by atoms with van der Waals surface area (Å²) in [6.45, 7) is 2.10. The van der Waals surface area contributed by atoms with Gasteiger partial charge in [-0.05, 0) is 6.42 Å². The lowest BCUT2D eigenvalue weighted by Crippen LogP contribution is -2.01. The van der Waals surface area contributed by atoms with E-state index in [1.807, 2.05) is 6.07 Å². The Labute approximate surface area is 77.4 Å². The number of anilines is 1. The number of aryl methyl sites for hydroxylation is 1. The summed E-state index contributed by atoms with van der Waals surface area (Å²) in [5.74, 6) is 1.00. The maximum Gasteiger partial charge on any atom is 0.145 e. The molecule has 0 atom stereocenters. The molecule has 1 heterocycles. The minimum atomic E-state index is 0.281. The third-order valence-electron chi connectivity index (χ3n) is 1.74. The van der Waals surface area contributed by atoms with E-state index in [0.717, 1.165) is 25.1 Å². The van der Waals surface area contributed by atoms with Gasteiger partial charge in [-0.25, -0.2) is 9.97 Å². The van der Waals surface area contributed by atoms with Gasteiger partial charge in [-0.15, -0.1) is 0 Å². The monoisotopic (exact) mass is 176 g/mol. The molecule has 1 aromatic rings. The molecule has 0 spiro atoms. The normalized spacial score (nSPS) is 9.54. The summed E-state index contributed by atoms with van der Waals surface area (Å²) in [5, 5.41) is 8.58. The van der Waals surface area contributed by atoms with Crippen LogP contribution in [0.25, 0.3) is 0 Å². The Morgan fingerprint density at radius 1 is 1.62 bits per heavy atom. The Balaban J connectivity index is 2.79. The van der Waals surface area contributed by atoms with E-state index in [2.05, 4.69) is 16.9 Å². The van der Waals surface area contributed by atoms with E-state index in [0.29, 0.717) is 5.56 Å². The molecule has 2 N–H and O–H groups in total. The lowest BCUT2D eigenvalue weighted by atomic mass is 10.2. The second-order valence-electron chi connectivity index (χ2n) is 2.80. The number of hydrogen-bond donors (Lipinski definition) is 1. The molecule has 0 fully saturated rings. The Morgan fingerprint density at radius 2 is 2.38 bits per heavy atom. The van der Waals surface area contributed by atoms with Gasteiger partial charge in [0.25, 0.3) is 0 Å². The van der Waals surface area contributed by atoms with Gasteiger partial charge in [-0.1, -0.05) is 13.3 Å². The predicted octanol–water partition coefficient (Wildman–Crippen LogP) is 1.27. The van der Waals surface area contributed by atoms with E-state index >= 15 is 0 Å². The molecule has 0 saturated carbocycles. The molecule has 0 bridgehead atoms. The number of unbranched alkanes of at least 4 members (excludes halogenated alkanes) is 1. The zero-order valence-corrected chi connectivity index (χ0v) is 7.62. The highest BCUT2D eigenvalue weighted by atomic mass is 14.9. The molecule has 0 aliphatic heterocycles. The maximum absolute atomic E-state index is 8.58. The van der Waals surface area contributed by atoms with Gasteiger partial charge >= 0.3 is 0 Å². The van der Waals surface area contributed by atoms with Crippen LogP contribution in [0.5, 0.6) is 0 Å². The van der Waals surface area contributed by atoms with E-state index < -0.39 is 0 Å². The van der Waals surface area contributed by atoms with Crippen molar-refractivity contribution in [3.8, 4) is 6.07 Å². The fourth-order valence-corrected chi connectivity index (χ4v) is 0.975. The van der Waals surface area contributed by atoms with Crippen molar-refractivity contribution < 1.29 is 0 Å². The third-order valence-corrected chi connectivity index (χ3v) is 1.74. The first kappa shape index (κ1) is 9.46. The average Bonchev–Trinajstić information content (AvgIpc) is 2.15. The van der Waals surface area contributed by atoms with Gasteiger partial charge in [0.15, 0.2) is 0 Å². The van der Waals surface area contributed by atoms with Crippen LogP contribution < -0.4 is 5.73 Å². The summed E-state index contributed by atoms with van der Waals surface area (Å²) in [6.07, 6.45) is 4.45. The van der Waals surface area contributed by atoms with Gasteiger partial charge in [0.05, 0.1) is 6.20 Å². The Kier molecular flexibility index (Phi) is 3.21. The second kappa shape index (κ2) is 4.41. The van der Waals surface area contributed by atoms with E-state index in [9.17, 15) is 0 Å². The van der Waals surface area contributed by atoms with Crippen LogP contribution in [0.2, 0.25) is 0 Å². The summed E-state index contributed by atoms with van der Waals surface area (Å²) >= 11 is 0. The van der Waals surface area contributed by atoms with E-state index in [4.69, 9.17) is 11.0 Å². The van der Waals surface area contributed by atoms with E-state index in [1.54, 1.807) is 0 Å². The molecule has 0 aliphatic carbocycles. The molecule has 0 aliphatic rings. The largest absolute Gasteiger partial charge is 0.382 e. The van der Waals surface area contributed by atoms with Crippen LogP contribution in [0.4, 0.5) is 5.82 Å². The lowest BCUT2D eigenvalue weighted by molar-refractivity contribution is 0.753. The fourth-order valence-electron chi connectivity index (χ4n) is 0.975. The van der Waals surface area contributed by atoms with Crippen LogP contribution in [-0.4, -0.2) is 9.97 Å². The Bertz CT molecular complexity index is 327. The minimum Gasteiger partial charge on any atom is -0.382 e. The van der Waals surface area contributed by atoms with Gasteiger partial charge in [0.1, 0.15) is 23.3 Å². The number of nitrogens with zero attached hydrogens (tertiary/aromatic N) is 3. The van der Waals surface area contributed by atoms with E-state index in [-0.39, 0.29) is 5.82 Å². The number of nitriles is 1. The molecule has 13 heavy (non-hydrogen) atoms. The topological polar surface area (TPSA) is 75.6 Å². The van der Waals surface area contributed by atoms with Crippen molar-refractivity contribution in [2.75, 3.05) is 5.73 Å². The van der Waals surface area contributed by atoms with Gasteiger partial charge in [-0.2, -0.15) is 5.26 Å². The number of nitrogen functional groups attached to an aromatic ring is 1. The quantitative estimate of drug-likeness (QED) is 0.752. The van der Waals surface area contributed by atoms with Gasteiger partial charge in [-0.3, -0.25) is 0 Å². The molecule has 1 aromatic heterocycles. The molecule has 4 nitrogen and oxygen atoms in total. The highest BCUT2D eigenvalue weighted by Crippen LogP contribution is 2.06. The highest BCUT2D eigenvalue weighted by Gasteiger charge is 2.02. The smallest absolute Gasteiger partial charge is 0.145 e. The van der Waals surface area contributed by atoms with Crippen molar-refractivity contribution in [3.05, 3.63) is 17.6 Å². The number of hydrogen-bond acceptors (Lipinski definition) is 4. The molecule has 0 amide bonds. The Hall–Kier alpha value is -1.63. The first-order chi connectivity index (χ1) is 6.27.